The summed E-state index contributed by atoms with van der Waals surface area (Å²) in [5.41, 5.74) is 3.48. The van der Waals surface area contributed by atoms with Crippen molar-refractivity contribution in [3.63, 3.8) is 0 Å². The van der Waals surface area contributed by atoms with E-state index >= 15 is 0 Å². The van der Waals surface area contributed by atoms with E-state index in [-0.39, 0.29) is 18.4 Å². The molecule has 0 radical (unpaired) electrons. The Bertz CT molecular complexity index is 484. The quantitative estimate of drug-likeness (QED) is 0.559. The van der Waals surface area contributed by atoms with Crippen molar-refractivity contribution >= 4 is 17.5 Å². The lowest BCUT2D eigenvalue weighted by atomic mass is 10.0. The molecule has 7 nitrogen and oxygen atoms in total. The third kappa shape index (κ3) is 3.81. The average Bonchev–Trinajstić information content (AvgIpc) is 2.52. The zero-order valence-electron chi connectivity index (χ0n) is 12.7. The Hall–Kier alpha value is -1.89. The van der Waals surface area contributed by atoms with E-state index < -0.39 is 0 Å². The van der Waals surface area contributed by atoms with Gasteiger partial charge in [-0.2, -0.15) is 0 Å². The van der Waals surface area contributed by atoms with Crippen LogP contribution in [0.1, 0.15) is 44.6 Å². The third-order valence-electron chi connectivity index (χ3n) is 3.71. The zero-order chi connectivity index (χ0) is 15.2. The number of nitrogens with one attached hydrogen (secondary N) is 2. The number of nitrogens with two attached hydrogens (primary N) is 1. The Morgan fingerprint density at radius 1 is 1.29 bits per heavy atom. The Morgan fingerprint density at radius 2 is 1.95 bits per heavy atom. The highest BCUT2D eigenvalue weighted by molar-refractivity contribution is 5.81. The van der Waals surface area contributed by atoms with Crippen LogP contribution in [0.3, 0.4) is 0 Å². The summed E-state index contributed by atoms with van der Waals surface area (Å²) in [5, 5.41) is 3.13. The Balaban J connectivity index is 2.04. The Kier molecular flexibility index (Phi) is 5.32. The summed E-state index contributed by atoms with van der Waals surface area (Å²) < 4.78 is 0. The molecule has 1 aromatic rings. The molecule has 0 spiro atoms. The van der Waals surface area contributed by atoms with Gasteiger partial charge in [0.1, 0.15) is 18.0 Å². The number of rotatable bonds is 5. The number of hydrazine groups is 1. The molecule has 1 aromatic heterocycles. The highest BCUT2D eigenvalue weighted by atomic mass is 16.2. The molecule has 1 aliphatic heterocycles. The highest BCUT2D eigenvalue weighted by Gasteiger charge is 2.18. The van der Waals surface area contributed by atoms with E-state index in [1.165, 1.54) is 12.7 Å². The summed E-state index contributed by atoms with van der Waals surface area (Å²) in [6.07, 6.45) is 4.84. The minimum atomic E-state index is 0.116. The number of piperidine rings is 1. The molecule has 0 unspecified atom stereocenters. The third-order valence-corrected chi connectivity index (χ3v) is 3.71. The smallest absolute Gasteiger partial charge is 0.241 e. The number of carbonyl (C=O) groups excluding carboxylic acids is 1. The second kappa shape index (κ2) is 7.21. The zero-order valence-corrected chi connectivity index (χ0v) is 12.7. The summed E-state index contributed by atoms with van der Waals surface area (Å²) in [6, 6.07) is 0. The normalized spacial score (nSPS) is 15.1. The van der Waals surface area contributed by atoms with Gasteiger partial charge < -0.3 is 15.6 Å². The van der Waals surface area contributed by atoms with Gasteiger partial charge in [-0.3, -0.25) is 4.79 Å². The minimum absolute atomic E-state index is 0.116. The van der Waals surface area contributed by atoms with Crippen molar-refractivity contribution < 1.29 is 4.79 Å². The lowest BCUT2D eigenvalue weighted by Crippen LogP contribution is -2.39. The van der Waals surface area contributed by atoms with Crippen molar-refractivity contribution in [2.45, 2.75) is 39.0 Å². The van der Waals surface area contributed by atoms with Crippen molar-refractivity contribution in [3.05, 3.63) is 11.9 Å². The SMILES string of the molecule is CC(C)c1c(NN)ncnc1NCC(=O)N1CCCCC1. The van der Waals surface area contributed by atoms with Gasteiger partial charge in [-0.25, -0.2) is 15.8 Å². The van der Waals surface area contributed by atoms with Gasteiger partial charge in [0, 0.05) is 18.7 Å². The van der Waals surface area contributed by atoms with Crippen molar-refractivity contribution in [1.82, 2.24) is 14.9 Å². The Morgan fingerprint density at radius 3 is 2.57 bits per heavy atom. The van der Waals surface area contributed by atoms with Crippen LogP contribution in [0.5, 0.6) is 0 Å². The van der Waals surface area contributed by atoms with Gasteiger partial charge in [-0.1, -0.05) is 13.8 Å². The lowest BCUT2D eigenvalue weighted by molar-refractivity contribution is -0.130. The molecule has 0 aromatic carbocycles. The molecule has 0 atom stereocenters. The molecule has 2 heterocycles. The Labute approximate surface area is 125 Å². The molecular formula is C14H24N6O. The van der Waals surface area contributed by atoms with E-state index in [4.69, 9.17) is 5.84 Å². The fourth-order valence-electron chi connectivity index (χ4n) is 2.61. The molecule has 1 amide bonds. The van der Waals surface area contributed by atoms with Crippen LogP contribution < -0.4 is 16.6 Å². The number of amides is 1. The van der Waals surface area contributed by atoms with Gasteiger partial charge in [0.25, 0.3) is 0 Å². The molecule has 4 N–H and O–H groups in total. The molecule has 1 fully saturated rings. The number of carbonyl (C=O) groups is 1. The van der Waals surface area contributed by atoms with E-state index in [1.54, 1.807) is 0 Å². The number of nitrogen functional groups attached to an aromatic ring is 1. The van der Waals surface area contributed by atoms with Gasteiger partial charge in [0.15, 0.2) is 0 Å². The molecule has 0 bridgehead atoms. The highest BCUT2D eigenvalue weighted by Crippen LogP contribution is 2.27. The molecular weight excluding hydrogens is 268 g/mol. The van der Waals surface area contributed by atoms with Gasteiger partial charge >= 0.3 is 0 Å². The molecule has 21 heavy (non-hydrogen) atoms. The lowest BCUT2D eigenvalue weighted by Gasteiger charge is -2.27. The summed E-state index contributed by atoms with van der Waals surface area (Å²) in [5.74, 6) is 7.06. The van der Waals surface area contributed by atoms with Crippen LogP contribution in [0.2, 0.25) is 0 Å². The predicted octanol–water partition coefficient (Wildman–Crippen LogP) is 1.31. The van der Waals surface area contributed by atoms with Crippen LogP contribution in [0.15, 0.2) is 6.33 Å². The topological polar surface area (TPSA) is 96.2 Å². The molecule has 7 heteroatoms. The van der Waals surface area contributed by atoms with Crippen LogP contribution in [0.25, 0.3) is 0 Å². The van der Waals surface area contributed by atoms with Gasteiger partial charge in [-0.15, -0.1) is 0 Å². The van der Waals surface area contributed by atoms with Crippen molar-refractivity contribution in [1.29, 1.82) is 0 Å². The van der Waals surface area contributed by atoms with E-state index in [9.17, 15) is 4.79 Å². The second-order valence-electron chi connectivity index (χ2n) is 5.58. The molecule has 116 valence electrons. The van der Waals surface area contributed by atoms with Crippen molar-refractivity contribution in [3.8, 4) is 0 Å². The average molecular weight is 292 g/mol. The molecule has 2 rings (SSSR count). The number of hydrogen-bond acceptors (Lipinski definition) is 6. The van der Waals surface area contributed by atoms with E-state index in [0.717, 1.165) is 31.5 Å². The number of anilines is 2. The number of aromatic nitrogens is 2. The standard InChI is InChI=1S/C14H24N6O/c1-10(2)12-13(17-9-18-14(12)19-15)16-8-11(21)20-6-4-3-5-7-20/h9-10H,3-8,15H2,1-2H3,(H2,16,17,18,19). The van der Waals surface area contributed by atoms with E-state index in [1.807, 2.05) is 18.7 Å². The van der Waals surface area contributed by atoms with Crippen LogP contribution in [0.4, 0.5) is 11.6 Å². The van der Waals surface area contributed by atoms with Crippen LogP contribution in [-0.4, -0.2) is 40.4 Å². The maximum atomic E-state index is 12.2. The molecule has 1 aliphatic rings. The maximum Gasteiger partial charge on any atom is 0.241 e. The predicted molar refractivity (Wildman–Crippen MR) is 82.9 cm³/mol. The number of nitrogens with zero attached hydrogens (tertiary/aromatic N) is 3. The molecule has 1 saturated heterocycles. The first-order valence-electron chi connectivity index (χ1n) is 7.46. The van der Waals surface area contributed by atoms with E-state index in [2.05, 4.69) is 20.7 Å². The fraction of sp³-hybridized carbons (Fsp3) is 0.643. The summed E-state index contributed by atoms with van der Waals surface area (Å²) >= 11 is 0. The van der Waals surface area contributed by atoms with Crippen molar-refractivity contribution in [2.24, 2.45) is 5.84 Å². The first kappa shape index (κ1) is 15.5. The molecule has 0 aliphatic carbocycles. The van der Waals surface area contributed by atoms with Crippen LogP contribution in [0, 0.1) is 0 Å². The van der Waals surface area contributed by atoms with Gasteiger partial charge in [0.2, 0.25) is 5.91 Å². The van der Waals surface area contributed by atoms with Gasteiger partial charge in [0.05, 0.1) is 6.54 Å². The second-order valence-corrected chi connectivity index (χ2v) is 5.58. The molecule has 0 saturated carbocycles. The van der Waals surface area contributed by atoms with Crippen molar-refractivity contribution in [2.75, 3.05) is 30.4 Å². The fourth-order valence-corrected chi connectivity index (χ4v) is 2.61. The monoisotopic (exact) mass is 292 g/mol. The first-order valence-corrected chi connectivity index (χ1v) is 7.46. The summed E-state index contributed by atoms with van der Waals surface area (Å²) in [6.45, 7) is 6.04. The minimum Gasteiger partial charge on any atom is -0.361 e. The summed E-state index contributed by atoms with van der Waals surface area (Å²) in [4.78, 5) is 22.4. The number of likely N-dealkylation sites (tertiary alicyclic amines) is 1. The van der Waals surface area contributed by atoms with Gasteiger partial charge in [-0.05, 0) is 25.2 Å². The maximum absolute atomic E-state index is 12.2. The first-order chi connectivity index (χ1) is 10.1. The number of hydrogen-bond donors (Lipinski definition) is 3. The van der Waals surface area contributed by atoms with E-state index in [0.29, 0.717) is 11.6 Å². The van der Waals surface area contributed by atoms with Crippen LogP contribution in [-0.2, 0) is 4.79 Å². The van der Waals surface area contributed by atoms with Crippen LogP contribution >= 0.6 is 0 Å². The largest absolute Gasteiger partial charge is 0.361 e. The summed E-state index contributed by atoms with van der Waals surface area (Å²) in [7, 11) is 0.